The summed E-state index contributed by atoms with van der Waals surface area (Å²) in [6, 6.07) is 6.28. The number of likely N-dealkylation sites (tertiary alicyclic amines) is 1. The minimum absolute atomic E-state index is 0.0142. The molecule has 166 valence electrons. The second kappa shape index (κ2) is 9.18. The highest BCUT2D eigenvalue weighted by Gasteiger charge is 2.33. The molecule has 1 fully saturated rings. The topological polar surface area (TPSA) is 67.7 Å². The van der Waals surface area contributed by atoms with E-state index in [4.69, 9.17) is 4.74 Å². The standard InChI is InChI=1S/C23H29FN4O3/c1-3-26(4-2)22(29)17-9-11-27(12-10-17)23(30)21-19-14-31-20(13-28(19)15-25-21)16-5-7-18(24)8-6-16/h5-8,15,17,20H,3-4,9-14H2,1-2H3/t20-/m0/s1. The molecule has 1 aromatic carbocycles. The average Bonchev–Trinajstić information content (AvgIpc) is 3.23. The molecule has 1 atom stereocenters. The van der Waals surface area contributed by atoms with Crippen LogP contribution in [0.3, 0.4) is 0 Å². The van der Waals surface area contributed by atoms with Crippen LogP contribution in [0, 0.1) is 11.7 Å². The van der Waals surface area contributed by atoms with E-state index in [2.05, 4.69) is 4.98 Å². The Balaban J connectivity index is 1.39. The molecule has 0 unspecified atom stereocenters. The van der Waals surface area contributed by atoms with Crippen molar-refractivity contribution in [3.05, 3.63) is 53.4 Å². The van der Waals surface area contributed by atoms with Crippen LogP contribution in [0.1, 0.15) is 54.5 Å². The fourth-order valence-electron chi connectivity index (χ4n) is 4.46. The molecule has 2 aromatic rings. The van der Waals surface area contributed by atoms with Crippen molar-refractivity contribution in [2.75, 3.05) is 26.2 Å². The summed E-state index contributed by atoms with van der Waals surface area (Å²) in [6.07, 6.45) is 2.84. The van der Waals surface area contributed by atoms with Gasteiger partial charge < -0.3 is 19.1 Å². The van der Waals surface area contributed by atoms with Crippen LogP contribution in [0.4, 0.5) is 4.39 Å². The van der Waals surface area contributed by atoms with Gasteiger partial charge >= 0.3 is 0 Å². The number of halogens is 1. The highest BCUT2D eigenvalue weighted by molar-refractivity contribution is 5.93. The van der Waals surface area contributed by atoms with E-state index in [1.807, 2.05) is 23.3 Å². The molecule has 0 spiro atoms. The van der Waals surface area contributed by atoms with Crippen molar-refractivity contribution in [2.24, 2.45) is 5.92 Å². The predicted octanol–water partition coefficient (Wildman–Crippen LogP) is 3.01. The highest BCUT2D eigenvalue weighted by atomic mass is 19.1. The molecule has 2 aliphatic heterocycles. The van der Waals surface area contributed by atoms with Crippen LogP contribution in [0.5, 0.6) is 0 Å². The van der Waals surface area contributed by atoms with Gasteiger partial charge in [-0.1, -0.05) is 12.1 Å². The Morgan fingerprint density at radius 2 is 1.84 bits per heavy atom. The Labute approximate surface area is 181 Å². The number of hydrogen-bond donors (Lipinski definition) is 0. The molecule has 0 saturated carbocycles. The van der Waals surface area contributed by atoms with E-state index in [0.717, 1.165) is 11.3 Å². The normalized spacial score (nSPS) is 19.2. The molecule has 2 amide bonds. The zero-order valence-corrected chi connectivity index (χ0v) is 18.1. The van der Waals surface area contributed by atoms with Crippen LogP contribution >= 0.6 is 0 Å². The molecule has 3 heterocycles. The number of carbonyl (C=O) groups excluding carboxylic acids is 2. The lowest BCUT2D eigenvalue weighted by molar-refractivity contribution is -0.136. The quantitative estimate of drug-likeness (QED) is 0.734. The van der Waals surface area contributed by atoms with Crippen molar-refractivity contribution in [3.8, 4) is 0 Å². The Morgan fingerprint density at radius 3 is 2.48 bits per heavy atom. The molecular formula is C23H29FN4O3. The van der Waals surface area contributed by atoms with Gasteiger partial charge in [-0.3, -0.25) is 9.59 Å². The van der Waals surface area contributed by atoms with Gasteiger partial charge in [-0.05, 0) is 44.4 Å². The smallest absolute Gasteiger partial charge is 0.274 e. The lowest BCUT2D eigenvalue weighted by atomic mass is 9.95. The summed E-state index contributed by atoms with van der Waals surface area (Å²) in [5.74, 6) is -0.207. The summed E-state index contributed by atoms with van der Waals surface area (Å²) in [7, 11) is 0. The van der Waals surface area contributed by atoms with Gasteiger partial charge in [-0.15, -0.1) is 0 Å². The minimum atomic E-state index is -0.279. The monoisotopic (exact) mass is 428 g/mol. The number of carbonyl (C=O) groups is 2. The lowest BCUT2D eigenvalue weighted by Gasteiger charge is -2.33. The van der Waals surface area contributed by atoms with Crippen molar-refractivity contribution in [2.45, 2.75) is 45.9 Å². The predicted molar refractivity (Wildman–Crippen MR) is 113 cm³/mol. The van der Waals surface area contributed by atoms with E-state index in [1.54, 1.807) is 23.4 Å². The third-order valence-electron chi connectivity index (χ3n) is 6.38. The van der Waals surface area contributed by atoms with Gasteiger partial charge in [0.25, 0.3) is 5.91 Å². The van der Waals surface area contributed by atoms with E-state index >= 15 is 0 Å². The first-order valence-corrected chi connectivity index (χ1v) is 11.0. The molecule has 31 heavy (non-hydrogen) atoms. The summed E-state index contributed by atoms with van der Waals surface area (Å²) in [5, 5.41) is 0. The third kappa shape index (κ3) is 4.35. The maximum Gasteiger partial charge on any atom is 0.274 e. The van der Waals surface area contributed by atoms with Gasteiger partial charge in [0, 0.05) is 32.1 Å². The van der Waals surface area contributed by atoms with Crippen LogP contribution in [-0.4, -0.2) is 57.3 Å². The second-order valence-corrected chi connectivity index (χ2v) is 8.12. The summed E-state index contributed by atoms with van der Waals surface area (Å²) in [5.41, 5.74) is 2.09. The molecular weight excluding hydrogens is 399 g/mol. The number of imidazole rings is 1. The van der Waals surface area contributed by atoms with Gasteiger partial charge in [0.1, 0.15) is 11.9 Å². The number of benzene rings is 1. The van der Waals surface area contributed by atoms with Crippen LogP contribution in [0.25, 0.3) is 0 Å². The molecule has 0 bridgehead atoms. The zero-order valence-electron chi connectivity index (χ0n) is 18.1. The molecule has 1 aromatic heterocycles. The van der Waals surface area contributed by atoms with E-state index in [-0.39, 0.29) is 36.3 Å². The molecule has 0 radical (unpaired) electrons. The zero-order chi connectivity index (χ0) is 22.0. The Hall–Kier alpha value is -2.74. The largest absolute Gasteiger partial charge is 0.365 e. The first-order chi connectivity index (χ1) is 15.0. The highest BCUT2D eigenvalue weighted by Crippen LogP contribution is 2.29. The van der Waals surface area contributed by atoms with E-state index in [9.17, 15) is 14.0 Å². The number of ether oxygens (including phenoxy) is 1. The molecule has 4 rings (SSSR count). The van der Waals surface area contributed by atoms with Crippen molar-refractivity contribution in [1.29, 1.82) is 0 Å². The van der Waals surface area contributed by atoms with Crippen molar-refractivity contribution in [1.82, 2.24) is 19.4 Å². The number of rotatable bonds is 5. The minimum Gasteiger partial charge on any atom is -0.365 e. The molecule has 8 heteroatoms. The summed E-state index contributed by atoms with van der Waals surface area (Å²) in [4.78, 5) is 33.7. The van der Waals surface area contributed by atoms with E-state index in [1.165, 1.54) is 12.1 Å². The molecule has 1 saturated heterocycles. The van der Waals surface area contributed by atoms with Crippen LogP contribution in [0.2, 0.25) is 0 Å². The van der Waals surface area contributed by atoms with Crippen molar-refractivity contribution in [3.63, 3.8) is 0 Å². The molecule has 0 aliphatic carbocycles. The summed E-state index contributed by atoms with van der Waals surface area (Å²) in [6.45, 7) is 7.34. The number of piperidine rings is 1. The fraction of sp³-hybridized carbons (Fsp3) is 0.522. The van der Waals surface area contributed by atoms with Gasteiger partial charge in [-0.2, -0.15) is 0 Å². The number of aromatic nitrogens is 2. The number of amides is 2. The Kier molecular flexibility index (Phi) is 6.36. The summed E-state index contributed by atoms with van der Waals surface area (Å²) < 4.78 is 21.1. The summed E-state index contributed by atoms with van der Waals surface area (Å²) >= 11 is 0. The van der Waals surface area contributed by atoms with Crippen molar-refractivity contribution < 1.29 is 18.7 Å². The maximum atomic E-state index is 13.2. The second-order valence-electron chi connectivity index (χ2n) is 8.12. The molecule has 7 nitrogen and oxygen atoms in total. The van der Waals surface area contributed by atoms with Gasteiger partial charge in [0.05, 0.1) is 25.2 Å². The van der Waals surface area contributed by atoms with Gasteiger partial charge in [0.2, 0.25) is 5.91 Å². The number of nitrogens with zero attached hydrogens (tertiary/aromatic N) is 4. The van der Waals surface area contributed by atoms with E-state index < -0.39 is 0 Å². The fourth-order valence-corrected chi connectivity index (χ4v) is 4.46. The lowest BCUT2D eigenvalue weighted by Crippen LogP contribution is -2.44. The van der Waals surface area contributed by atoms with Crippen LogP contribution in [-0.2, 0) is 22.7 Å². The van der Waals surface area contributed by atoms with Crippen LogP contribution < -0.4 is 0 Å². The molecule has 0 N–H and O–H groups in total. The maximum absolute atomic E-state index is 13.2. The molecule has 2 aliphatic rings. The van der Waals surface area contributed by atoms with E-state index in [0.29, 0.717) is 51.3 Å². The first-order valence-electron chi connectivity index (χ1n) is 11.0. The third-order valence-corrected chi connectivity index (χ3v) is 6.38. The number of fused-ring (bicyclic) bond motifs is 1. The average molecular weight is 429 g/mol. The van der Waals surface area contributed by atoms with Gasteiger partial charge in [-0.25, -0.2) is 9.37 Å². The van der Waals surface area contributed by atoms with Gasteiger partial charge in [0.15, 0.2) is 5.69 Å². The number of hydrogen-bond acceptors (Lipinski definition) is 4. The van der Waals surface area contributed by atoms with Crippen LogP contribution in [0.15, 0.2) is 30.6 Å². The Morgan fingerprint density at radius 1 is 1.16 bits per heavy atom. The Bertz CT molecular complexity index is 931. The first kappa shape index (κ1) is 21.5. The van der Waals surface area contributed by atoms with Crippen molar-refractivity contribution >= 4 is 11.8 Å². The SMILES string of the molecule is CCN(CC)C(=O)C1CCN(C(=O)c2ncn3c2CO[C@H](c2ccc(F)cc2)C3)CC1.